The molecule has 0 heterocycles. The van der Waals surface area contributed by atoms with Crippen molar-refractivity contribution < 1.29 is 14.5 Å². The van der Waals surface area contributed by atoms with Crippen molar-refractivity contribution in [2.75, 3.05) is 7.11 Å². The van der Waals surface area contributed by atoms with Crippen LogP contribution in [-0.4, -0.2) is 18.8 Å². The fourth-order valence-electron chi connectivity index (χ4n) is 1.61. The molecule has 0 spiro atoms. The molecule has 0 atom stereocenters. The summed E-state index contributed by atoms with van der Waals surface area (Å²) in [6.07, 6.45) is 0. The highest BCUT2D eigenvalue weighted by atomic mass is 16.5. The topological polar surface area (TPSA) is 40.3 Å². The van der Waals surface area contributed by atoms with Gasteiger partial charge < -0.3 is 4.74 Å². The third-order valence-electron chi connectivity index (χ3n) is 2.50. The molecule has 2 aromatic rings. The lowest BCUT2D eigenvalue weighted by Gasteiger charge is -1.99. The Labute approximate surface area is 106 Å². The fraction of sp³-hybridized carbons (Fsp3) is 0.0667. The van der Waals surface area contributed by atoms with Crippen LogP contribution in [0.3, 0.4) is 0 Å². The van der Waals surface area contributed by atoms with Gasteiger partial charge in [-0.2, -0.15) is 4.99 Å². The van der Waals surface area contributed by atoms with Gasteiger partial charge in [0.2, 0.25) is 5.69 Å². The highest BCUT2D eigenvalue weighted by molar-refractivity contribution is 6.40. The normalized spacial score (nSPS) is 11.1. The number of carbonyl (C=O) groups is 1. The Balaban J connectivity index is 2.44. The van der Waals surface area contributed by atoms with E-state index >= 15 is 0 Å². The first kappa shape index (κ1) is 12.0. The minimum Gasteiger partial charge on any atom is -0.461 e. The smallest absolute Gasteiger partial charge is 0.404 e. The maximum absolute atomic E-state index is 11.8. The van der Waals surface area contributed by atoms with Crippen LogP contribution in [0.2, 0.25) is 0 Å². The minimum absolute atomic E-state index is 0.384. The first-order chi connectivity index (χ1) is 8.81. The Bertz CT molecular complexity index is 547. The molecule has 0 saturated heterocycles. The number of carbonyl (C=O) groups excluding carboxylic acids is 1. The van der Waals surface area contributed by atoms with Gasteiger partial charge in [-0.25, -0.2) is 4.79 Å². The standard InChI is InChI=1S/C15H13NO2/c1-18-15(17)14(12-8-4-2-5-9-12)16-13-10-6-3-7-11-13/h2-11H,1H3/p+1. The van der Waals surface area contributed by atoms with Crippen LogP contribution >= 0.6 is 0 Å². The molecule has 0 aliphatic carbocycles. The number of para-hydroxylation sites is 1. The maximum Gasteiger partial charge on any atom is 0.404 e. The lowest BCUT2D eigenvalue weighted by atomic mass is 10.1. The molecule has 1 N–H and O–H groups in total. The van der Waals surface area contributed by atoms with E-state index in [-0.39, 0.29) is 5.97 Å². The Morgan fingerprint density at radius 1 is 0.944 bits per heavy atom. The second-order valence-corrected chi connectivity index (χ2v) is 3.72. The summed E-state index contributed by atoms with van der Waals surface area (Å²) in [5.74, 6) is -0.384. The molecule has 2 rings (SSSR count). The molecule has 18 heavy (non-hydrogen) atoms. The van der Waals surface area contributed by atoms with Crippen molar-refractivity contribution in [1.29, 1.82) is 0 Å². The minimum atomic E-state index is -0.384. The number of hydrogen-bond donors (Lipinski definition) is 1. The molecule has 0 amide bonds. The van der Waals surface area contributed by atoms with Crippen molar-refractivity contribution in [3.05, 3.63) is 66.2 Å². The van der Waals surface area contributed by atoms with Crippen molar-refractivity contribution in [2.24, 2.45) is 0 Å². The van der Waals surface area contributed by atoms with Crippen LogP contribution < -0.4 is 4.99 Å². The Morgan fingerprint density at radius 2 is 1.50 bits per heavy atom. The number of hydrogen-bond acceptors (Lipinski definition) is 2. The number of benzene rings is 2. The predicted molar refractivity (Wildman–Crippen MR) is 69.6 cm³/mol. The van der Waals surface area contributed by atoms with Crippen LogP contribution in [0.1, 0.15) is 5.56 Å². The molecule has 90 valence electrons. The zero-order valence-corrected chi connectivity index (χ0v) is 10.1. The number of ether oxygens (including phenoxy) is 1. The second-order valence-electron chi connectivity index (χ2n) is 3.72. The summed E-state index contributed by atoms with van der Waals surface area (Å²) in [6.45, 7) is 0. The van der Waals surface area contributed by atoms with Gasteiger partial charge in [-0.1, -0.05) is 36.4 Å². The molecule has 0 radical (unpaired) electrons. The average Bonchev–Trinajstić information content (AvgIpc) is 2.46. The van der Waals surface area contributed by atoms with Crippen molar-refractivity contribution in [3.8, 4) is 0 Å². The van der Waals surface area contributed by atoms with E-state index in [0.717, 1.165) is 11.3 Å². The Hall–Kier alpha value is -2.42. The van der Waals surface area contributed by atoms with Gasteiger partial charge in [-0.05, 0) is 12.1 Å². The third-order valence-corrected chi connectivity index (χ3v) is 2.50. The first-order valence-corrected chi connectivity index (χ1v) is 5.64. The van der Waals surface area contributed by atoms with Gasteiger partial charge in [-0.3, -0.25) is 0 Å². The van der Waals surface area contributed by atoms with Crippen molar-refractivity contribution in [3.63, 3.8) is 0 Å². The molecule has 3 nitrogen and oxygen atoms in total. The largest absolute Gasteiger partial charge is 0.461 e. The molecule has 0 unspecified atom stereocenters. The molecule has 2 aromatic carbocycles. The summed E-state index contributed by atoms with van der Waals surface area (Å²) in [7, 11) is 1.37. The summed E-state index contributed by atoms with van der Waals surface area (Å²) in [6, 6.07) is 18.9. The van der Waals surface area contributed by atoms with Gasteiger partial charge >= 0.3 is 5.97 Å². The van der Waals surface area contributed by atoms with Crippen LogP contribution in [0.4, 0.5) is 5.69 Å². The maximum atomic E-state index is 11.8. The second kappa shape index (κ2) is 5.77. The summed E-state index contributed by atoms with van der Waals surface area (Å²) in [5.41, 5.74) is 2.08. The highest BCUT2D eigenvalue weighted by Crippen LogP contribution is 2.01. The van der Waals surface area contributed by atoms with Gasteiger partial charge in [0.1, 0.15) is 0 Å². The van der Waals surface area contributed by atoms with Gasteiger partial charge in [0.25, 0.3) is 5.71 Å². The van der Waals surface area contributed by atoms with E-state index in [1.807, 2.05) is 60.7 Å². The summed E-state index contributed by atoms with van der Waals surface area (Å²) >= 11 is 0. The lowest BCUT2D eigenvalue weighted by Crippen LogP contribution is -2.69. The summed E-state index contributed by atoms with van der Waals surface area (Å²) in [5, 5.41) is 0. The van der Waals surface area contributed by atoms with Gasteiger partial charge in [0.05, 0.1) is 12.7 Å². The van der Waals surface area contributed by atoms with Crippen LogP contribution in [0.15, 0.2) is 60.7 Å². The van der Waals surface area contributed by atoms with Gasteiger partial charge in [0.15, 0.2) is 0 Å². The fourth-order valence-corrected chi connectivity index (χ4v) is 1.61. The van der Waals surface area contributed by atoms with E-state index in [1.54, 1.807) is 0 Å². The van der Waals surface area contributed by atoms with E-state index in [2.05, 4.69) is 4.99 Å². The summed E-state index contributed by atoms with van der Waals surface area (Å²) < 4.78 is 4.80. The number of methoxy groups -OCH3 is 1. The van der Waals surface area contributed by atoms with Crippen LogP contribution in [0.25, 0.3) is 0 Å². The molecule has 0 aromatic heterocycles. The third kappa shape index (κ3) is 2.83. The van der Waals surface area contributed by atoms with E-state index < -0.39 is 0 Å². The van der Waals surface area contributed by atoms with E-state index in [0.29, 0.717) is 5.71 Å². The molecule has 0 saturated carbocycles. The first-order valence-electron chi connectivity index (χ1n) is 5.64. The number of rotatable bonds is 3. The van der Waals surface area contributed by atoms with E-state index in [4.69, 9.17) is 4.74 Å². The van der Waals surface area contributed by atoms with Crippen LogP contribution in [0, 0.1) is 0 Å². The monoisotopic (exact) mass is 240 g/mol. The number of esters is 1. The highest BCUT2D eigenvalue weighted by Gasteiger charge is 2.21. The molecule has 0 aliphatic rings. The molecular formula is C15H14NO2+. The molecule has 0 bridgehead atoms. The molecular weight excluding hydrogens is 226 g/mol. The zero-order valence-electron chi connectivity index (χ0n) is 10.1. The van der Waals surface area contributed by atoms with Gasteiger partial charge in [-0.15, -0.1) is 0 Å². The van der Waals surface area contributed by atoms with Crippen molar-refractivity contribution in [2.45, 2.75) is 0 Å². The quantitative estimate of drug-likeness (QED) is 0.644. The molecule has 0 fully saturated rings. The number of nitrogens with one attached hydrogen (secondary N) is 1. The SMILES string of the molecule is COC(=O)C(=[NH+]c1ccccc1)c1ccccc1. The Morgan fingerprint density at radius 3 is 2.06 bits per heavy atom. The van der Waals surface area contributed by atoms with E-state index in [1.165, 1.54) is 7.11 Å². The predicted octanol–water partition coefficient (Wildman–Crippen LogP) is 1.06. The summed E-state index contributed by atoms with van der Waals surface area (Å²) in [4.78, 5) is 14.9. The Kier molecular flexibility index (Phi) is 3.86. The van der Waals surface area contributed by atoms with Crippen molar-refractivity contribution in [1.82, 2.24) is 0 Å². The average molecular weight is 240 g/mol. The van der Waals surface area contributed by atoms with Gasteiger partial charge in [0, 0.05) is 12.1 Å². The molecule has 0 aliphatic heterocycles. The van der Waals surface area contributed by atoms with E-state index in [9.17, 15) is 4.79 Å². The zero-order chi connectivity index (χ0) is 12.8. The van der Waals surface area contributed by atoms with Crippen LogP contribution in [-0.2, 0) is 9.53 Å². The lowest BCUT2D eigenvalue weighted by molar-refractivity contribution is -0.353. The van der Waals surface area contributed by atoms with Crippen molar-refractivity contribution >= 4 is 17.4 Å². The van der Waals surface area contributed by atoms with Crippen LogP contribution in [0.5, 0.6) is 0 Å². The molecule has 3 heteroatoms.